The van der Waals surface area contributed by atoms with E-state index in [9.17, 15) is 4.79 Å². The number of benzene rings is 2. The second-order valence-electron chi connectivity index (χ2n) is 6.56. The quantitative estimate of drug-likeness (QED) is 0.633. The molecule has 3 rings (SSSR count). The number of rotatable bonds is 3. The van der Waals surface area contributed by atoms with Gasteiger partial charge in [0, 0.05) is 11.1 Å². The molecular formula is C19H20O4. The third-order valence-electron chi connectivity index (χ3n) is 3.47. The molecule has 1 heterocycles. The number of carbonyl (C=O) groups excluding carboxylic acids is 1. The summed E-state index contributed by atoms with van der Waals surface area (Å²) < 4.78 is 5.77. The second kappa shape index (κ2) is 6.14. The highest BCUT2D eigenvalue weighted by molar-refractivity contribution is 6.12. The maximum Gasteiger partial charge on any atom is 0.197 e. The van der Waals surface area contributed by atoms with Crippen molar-refractivity contribution in [2.75, 3.05) is 0 Å². The van der Waals surface area contributed by atoms with Crippen LogP contribution in [0.25, 0.3) is 0 Å². The van der Waals surface area contributed by atoms with Crippen LogP contribution in [0.5, 0.6) is 5.75 Å². The van der Waals surface area contributed by atoms with E-state index >= 15 is 0 Å². The predicted molar refractivity (Wildman–Crippen MR) is 86.3 cm³/mol. The molecule has 0 unspecified atom stereocenters. The van der Waals surface area contributed by atoms with Crippen molar-refractivity contribution in [3.63, 3.8) is 0 Å². The van der Waals surface area contributed by atoms with Gasteiger partial charge in [-0.05, 0) is 38.5 Å². The van der Waals surface area contributed by atoms with Crippen molar-refractivity contribution in [1.29, 1.82) is 0 Å². The Morgan fingerprint density at radius 3 is 2.65 bits per heavy atom. The highest BCUT2D eigenvalue weighted by Gasteiger charge is 2.22. The number of ketones is 1. The lowest BCUT2D eigenvalue weighted by Crippen LogP contribution is -2.19. The molecule has 2 aromatic carbocycles. The Kier molecular flexibility index (Phi) is 4.20. The number of hydrogen-bond donors (Lipinski definition) is 0. The summed E-state index contributed by atoms with van der Waals surface area (Å²) in [4.78, 5) is 23.3. The third kappa shape index (κ3) is 3.60. The van der Waals surface area contributed by atoms with Gasteiger partial charge in [-0.1, -0.05) is 30.3 Å². The molecule has 0 fully saturated rings. The first-order chi connectivity index (χ1) is 10.9. The molecule has 0 amide bonds. The molecule has 1 aliphatic rings. The van der Waals surface area contributed by atoms with E-state index in [0.29, 0.717) is 23.5 Å². The molecule has 0 spiro atoms. The molecule has 2 aromatic rings. The van der Waals surface area contributed by atoms with Crippen LogP contribution in [0, 0.1) is 0 Å². The van der Waals surface area contributed by atoms with Gasteiger partial charge in [0.15, 0.2) is 5.78 Å². The minimum atomic E-state index is -0.371. The lowest BCUT2D eigenvalue weighted by molar-refractivity contribution is -0.356. The highest BCUT2D eigenvalue weighted by Crippen LogP contribution is 2.29. The van der Waals surface area contributed by atoms with Crippen molar-refractivity contribution in [2.45, 2.75) is 39.6 Å². The fourth-order valence-corrected chi connectivity index (χ4v) is 2.41. The Bertz CT molecular complexity index is 728. The van der Waals surface area contributed by atoms with Crippen LogP contribution in [0.15, 0.2) is 42.5 Å². The average molecular weight is 312 g/mol. The lowest BCUT2D eigenvalue weighted by atomic mass is 9.98. The molecule has 120 valence electrons. The standard InChI is InChI=1S/C19H20O4/c1-19(2,3)23-22-11-13-8-9-17-16(10-13)18(20)15-7-5-4-6-14(15)12-21-17/h4-10H,11-12H2,1-3H3. The first-order valence-electron chi connectivity index (χ1n) is 7.63. The molecule has 0 saturated heterocycles. The zero-order chi connectivity index (χ0) is 16.4. The molecule has 4 nitrogen and oxygen atoms in total. The summed E-state index contributed by atoms with van der Waals surface area (Å²) in [5.41, 5.74) is 2.65. The highest BCUT2D eigenvalue weighted by atomic mass is 17.2. The molecule has 1 aliphatic heterocycles. The van der Waals surface area contributed by atoms with Crippen molar-refractivity contribution in [1.82, 2.24) is 0 Å². The molecule has 23 heavy (non-hydrogen) atoms. The summed E-state index contributed by atoms with van der Waals surface area (Å²) in [5.74, 6) is 0.582. The fraction of sp³-hybridized carbons (Fsp3) is 0.316. The zero-order valence-corrected chi connectivity index (χ0v) is 13.6. The van der Waals surface area contributed by atoms with Crippen molar-refractivity contribution < 1.29 is 19.3 Å². The number of fused-ring (bicyclic) bond motifs is 2. The van der Waals surface area contributed by atoms with E-state index in [0.717, 1.165) is 11.1 Å². The second-order valence-corrected chi connectivity index (χ2v) is 6.56. The topological polar surface area (TPSA) is 44.8 Å². The first-order valence-corrected chi connectivity index (χ1v) is 7.63. The summed E-state index contributed by atoms with van der Waals surface area (Å²) in [6, 6.07) is 13.0. The van der Waals surface area contributed by atoms with Gasteiger partial charge in [0.2, 0.25) is 0 Å². The van der Waals surface area contributed by atoms with Crippen LogP contribution in [-0.4, -0.2) is 11.4 Å². The largest absolute Gasteiger partial charge is 0.488 e. The molecule has 0 saturated carbocycles. The van der Waals surface area contributed by atoms with E-state index in [-0.39, 0.29) is 18.0 Å². The first kappa shape index (κ1) is 15.7. The van der Waals surface area contributed by atoms with Gasteiger partial charge in [-0.3, -0.25) is 4.79 Å². The Balaban J connectivity index is 1.84. The van der Waals surface area contributed by atoms with Crippen LogP contribution >= 0.6 is 0 Å². The van der Waals surface area contributed by atoms with E-state index in [1.807, 2.05) is 63.2 Å². The van der Waals surface area contributed by atoms with Crippen molar-refractivity contribution in [2.24, 2.45) is 0 Å². The van der Waals surface area contributed by atoms with Crippen molar-refractivity contribution in [3.05, 3.63) is 64.7 Å². The Morgan fingerprint density at radius 1 is 1.09 bits per heavy atom. The maximum atomic E-state index is 12.8. The predicted octanol–water partition coefficient (Wildman–Crippen LogP) is 4.06. The summed E-state index contributed by atoms with van der Waals surface area (Å²) in [6.07, 6.45) is 0. The smallest absolute Gasteiger partial charge is 0.197 e. The van der Waals surface area contributed by atoms with Gasteiger partial charge in [-0.15, -0.1) is 0 Å². The van der Waals surface area contributed by atoms with Gasteiger partial charge in [0.25, 0.3) is 0 Å². The third-order valence-corrected chi connectivity index (χ3v) is 3.47. The summed E-state index contributed by atoms with van der Waals surface area (Å²) in [6.45, 7) is 6.42. The van der Waals surface area contributed by atoms with Crippen molar-refractivity contribution >= 4 is 5.78 Å². The molecule has 0 N–H and O–H groups in total. The normalized spacial score (nSPS) is 13.8. The van der Waals surface area contributed by atoms with Gasteiger partial charge in [-0.25, -0.2) is 9.78 Å². The van der Waals surface area contributed by atoms with E-state index in [1.54, 1.807) is 0 Å². The van der Waals surface area contributed by atoms with Gasteiger partial charge in [0.05, 0.1) is 11.2 Å². The molecule has 4 heteroatoms. The molecule has 0 bridgehead atoms. The number of carbonyl (C=O) groups is 1. The molecule has 0 aromatic heterocycles. The molecular weight excluding hydrogens is 292 g/mol. The lowest BCUT2D eigenvalue weighted by Gasteiger charge is -2.17. The van der Waals surface area contributed by atoms with E-state index in [2.05, 4.69) is 0 Å². The number of hydrogen-bond acceptors (Lipinski definition) is 4. The van der Waals surface area contributed by atoms with Gasteiger partial charge >= 0.3 is 0 Å². The van der Waals surface area contributed by atoms with Gasteiger partial charge < -0.3 is 4.74 Å². The van der Waals surface area contributed by atoms with Crippen LogP contribution in [0.4, 0.5) is 0 Å². The Morgan fingerprint density at radius 2 is 1.87 bits per heavy atom. The van der Waals surface area contributed by atoms with E-state index < -0.39 is 0 Å². The summed E-state index contributed by atoms with van der Waals surface area (Å²) in [7, 11) is 0. The van der Waals surface area contributed by atoms with Crippen LogP contribution < -0.4 is 4.74 Å². The van der Waals surface area contributed by atoms with Crippen LogP contribution in [0.2, 0.25) is 0 Å². The fourth-order valence-electron chi connectivity index (χ4n) is 2.41. The van der Waals surface area contributed by atoms with E-state index in [4.69, 9.17) is 14.5 Å². The van der Waals surface area contributed by atoms with E-state index in [1.165, 1.54) is 0 Å². The minimum absolute atomic E-state index is 0.0216. The number of ether oxygens (including phenoxy) is 1. The minimum Gasteiger partial charge on any atom is -0.488 e. The van der Waals surface area contributed by atoms with Gasteiger partial charge in [-0.2, -0.15) is 0 Å². The SMILES string of the molecule is CC(C)(C)OOCc1ccc2c(c1)C(=O)c1ccccc1CO2. The monoisotopic (exact) mass is 312 g/mol. The Labute approximate surface area is 135 Å². The summed E-state index contributed by atoms with van der Waals surface area (Å²) >= 11 is 0. The van der Waals surface area contributed by atoms with Crippen LogP contribution in [0.1, 0.15) is 47.8 Å². The molecule has 0 radical (unpaired) electrons. The maximum absolute atomic E-state index is 12.8. The van der Waals surface area contributed by atoms with Crippen LogP contribution in [0.3, 0.4) is 0 Å². The average Bonchev–Trinajstić information content (AvgIpc) is 2.64. The van der Waals surface area contributed by atoms with Crippen LogP contribution in [-0.2, 0) is 23.0 Å². The molecule has 0 atom stereocenters. The molecule has 0 aliphatic carbocycles. The summed E-state index contributed by atoms with van der Waals surface area (Å²) in [5, 5.41) is 0. The van der Waals surface area contributed by atoms with Crippen molar-refractivity contribution in [3.8, 4) is 5.75 Å². The Hall–Kier alpha value is -2.17. The van der Waals surface area contributed by atoms with Gasteiger partial charge in [0.1, 0.15) is 19.0 Å². The zero-order valence-electron chi connectivity index (χ0n) is 13.6.